The van der Waals surface area contributed by atoms with Crippen molar-refractivity contribution in [2.75, 3.05) is 13.7 Å². The first-order valence-corrected chi connectivity index (χ1v) is 7.11. The molecule has 7 heteroatoms. The Morgan fingerprint density at radius 3 is 2.56 bits per heavy atom. The highest BCUT2D eigenvalue weighted by Gasteiger charge is 2.11. The molecule has 5 nitrogen and oxygen atoms in total. The van der Waals surface area contributed by atoms with Crippen LogP contribution in [0.4, 0.5) is 8.78 Å². The van der Waals surface area contributed by atoms with Gasteiger partial charge in [-0.15, -0.1) is 0 Å². The molecule has 0 aliphatic rings. The lowest BCUT2D eigenvalue weighted by atomic mass is 10.1. The van der Waals surface area contributed by atoms with E-state index in [1.165, 1.54) is 31.4 Å². The largest absolute Gasteiger partial charge is 0.493 e. The van der Waals surface area contributed by atoms with E-state index in [-0.39, 0.29) is 22.6 Å². The minimum atomic E-state index is -1.15. The molecule has 2 rings (SSSR count). The van der Waals surface area contributed by atoms with Gasteiger partial charge in [0.15, 0.2) is 23.9 Å². The zero-order chi connectivity index (χ0) is 18.4. The topological polar surface area (TPSA) is 72.8 Å². The summed E-state index contributed by atoms with van der Waals surface area (Å²) in [6.45, 7) is -0.553. The van der Waals surface area contributed by atoms with Crippen LogP contribution in [-0.4, -0.2) is 30.6 Å². The number of halogens is 2. The highest BCUT2D eigenvalue weighted by Crippen LogP contribution is 2.28. The molecule has 0 aromatic heterocycles. The standard InChI is InChI=1S/C18H14F2O5/c1-24-17-9-12(3-7-16(17)25-10-18(22)23)15(21)6-2-11-8-13(19)4-5-14(11)20/h2-9H,10H2,1H3,(H,22,23). The number of hydrogen-bond acceptors (Lipinski definition) is 4. The predicted octanol–water partition coefficient (Wildman–Crippen LogP) is 3.33. The van der Waals surface area contributed by atoms with Gasteiger partial charge in [-0.1, -0.05) is 0 Å². The average molecular weight is 348 g/mol. The molecule has 1 N–H and O–H groups in total. The van der Waals surface area contributed by atoms with E-state index in [2.05, 4.69) is 0 Å². The Kier molecular flexibility index (Phi) is 5.84. The third-order valence-electron chi connectivity index (χ3n) is 3.17. The summed E-state index contributed by atoms with van der Waals surface area (Å²) in [6.07, 6.45) is 2.27. The van der Waals surface area contributed by atoms with Crippen LogP contribution in [0.5, 0.6) is 11.5 Å². The lowest BCUT2D eigenvalue weighted by molar-refractivity contribution is -0.139. The molecule has 0 aliphatic carbocycles. The zero-order valence-corrected chi connectivity index (χ0v) is 13.2. The summed E-state index contributed by atoms with van der Waals surface area (Å²) in [5.41, 5.74) is 0.161. The molecule has 130 valence electrons. The van der Waals surface area contributed by atoms with Crippen molar-refractivity contribution in [3.05, 3.63) is 65.2 Å². The SMILES string of the molecule is COc1cc(C(=O)C=Cc2cc(F)ccc2F)ccc1OCC(=O)O. The Morgan fingerprint density at radius 1 is 1.12 bits per heavy atom. The normalized spacial score (nSPS) is 10.7. The van der Waals surface area contributed by atoms with Crippen molar-refractivity contribution in [1.82, 2.24) is 0 Å². The van der Waals surface area contributed by atoms with E-state index in [1.54, 1.807) is 0 Å². The van der Waals surface area contributed by atoms with Gasteiger partial charge in [0.2, 0.25) is 0 Å². The van der Waals surface area contributed by atoms with E-state index in [0.29, 0.717) is 0 Å². The van der Waals surface area contributed by atoms with Crippen molar-refractivity contribution in [2.24, 2.45) is 0 Å². The number of ketones is 1. The van der Waals surface area contributed by atoms with Gasteiger partial charge in [0.25, 0.3) is 0 Å². The average Bonchev–Trinajstić information content (AvgIpc) is 2.60. The van der Waals surface area contributed by atoms with Crippen molar-refractivity contribution in [1.29, 1.82) is 0 Å². The maximum absolute atomic E-state index is 13.5. The summed E-state index contributed by atoms with van der Waals surface area (Å²) >= 11 is 0. The van der Waals surface area contributed by atoms with Gasteiger partial charge in [-0.2, -0.15) is 0 Å². The summed E-state index contributed by atoms with van der Waals surface area (Å²) in [5, 5.41) is 8.61. The first kappa shape index (κ1) is 18.1. The van der Waals surface area contributed by atoms with Gasteiger partial charge in [0.05, 0.1) is 7.11 Å². The van der Waals surface area contributed by atoms with Gasteiger partial charge in [-0.05, 0) is 48.6 Å². The van der Waals surface area contributed by atoms with E-state index >= 15 is 0 Å². The lowest BCUT2D eigenvalue weighted by Crippen LogP contribution is -2.10. The number of ether oxygens (including phenoxy) is 2. The number of hydrogen-bond donors (Lipinski definition) is 1. The van der Waals surface area contributed by atoms with Gasteiger partial charge in [0.1, 0.15) is 11.6 Å². The van der Waals surface area contributed by atoms with Crippen LogP contribution in [0.1, 0.15) is 15.9 Å². The number of benzene rings is 2. The van der Waals surface area contributed by atoms with Gasteiger partial charge >= 0.3 is 5.97 Å². The van der Waals surface area contributed by atoms with Crippen LogP contribution < -0.4 is 9.47 Å². The Bertz CT molecular complexity index is 830. The molecule has 0 spiro atoms. The third kappa shape index (κ3) is 4.87. The smallest absolute Gasteiger partial charge is 0.341 e. The maximum Gasteiger partial charge on any atom is 0.341 e. The van der Waals surface area contributed by atoms with Crippen molar-refractivity contribution in [3.8, 4) is 11.5 Å². The van der Waals surface area contributed by atoms with Crippen molar-refractivity contribution in [3.63, 3.8) is 0 Å². The molecule has 25 heavy (non-hydrogen) atoms. The molecule has 0 bridgehead atoms. The number of carboxylic acids is 1. The van der Waals surface area contributed by atoms with Crippen LogP contribution in [0.2, 0.25) is 0 Å². The fourth-order valence-corrected chi connectivity index (χ4v) is 1.98. The first-order chi connectivity index (χ1) is 11.9. The minimum Gasteiger partial charge on any atom is -0.493 e. The molecule has 2 aromatic carbocycles. The van der Waals surface area contributed by atoms with Crippen LogP contribution >= 0.6 is 0 Å². The van der Waals surface area contributed by atoms with Crippen molar-refractivity contribution < 1.29 is 33.0 Å². The predicted molar refractivity (Wildman–Crippen MR) is 85.8 cm³/mol. The second-order valence-corrected chi connectivity index (χ2v) is 4.91. The second kappa shape index (κ2) is 8.05. The number of carbonyl (C=O) groups excluding carboxylic acids is 1. The highest BCUT2D eigenvalue weighted by atomic mass is 19.1. The number of allylic oxidation sites excluding steroid dienone is 1. The Balaban J connectivity index is 2.20. The summed E-state index contributed by atoms with van der Waals surface area (Å²) in [7, 11) is 1.34. The molecule has 0 fully saturated rings. The van der Waals surface area contributed by atoms with Gasteiger partial charge in [0, 0.05) is 11.1 Å². The second-order valence-electron chi connectivity index (χ2n) is 4.91. The van der Waals surface area contributed by atoms with E-state index in [9.17, 15) is 18.4 Å². The molecule has 0 atom stereocenters. The highest BCUT2D eigenvalue weighted by molar-refractivity contribution is 6.07. The molecule has 0 saturated carbocycles. The van der Waals surface area contributed by atoms with E-state index in [1.807, 2.05) is 0 Å². The van der Waals surface area contributed by atoms with Crippen molar-refractivity contribution >= 4 is 17.8 Å². The van der Waals surface area contributed by atoms with Gasteiger partial charge in [-0.3, -0.25) is 4.79 Å². The van der Waals surface area contributed by atoms with Crippen LogP contribution in [0.3, 0.4) is 0 Å². The van der Waals surface area contributed by atoms with E-state index in [4.69, 9.17) is 14.6 Å². The maximum atomic E-state index is 13.5. The molecule has 0 saturated heterocycles. The van der Waals surface area contributed by atoms with Crippen molar-refractivity contribution in [2.45, 2.75) is 0 Å². The Morgan fingerprint density at radius 2 is 1.88 bits per heavy atom. The van der Waals surface area contributed by atoms with Crippen LogP contribution in [-0.2, 0) is 4.79 Å². The summed E-state index contributed by atoms with van der Waals surface area (Å²) in [4.78, 5) is 22.7. The molecular formula is C18H14F2O5. The van der Waals surface area contributed by atoms with Crippen LogP contribution in [0.15, 0.2) is 42.5 Å². The summed E-state index contributed by atoms with van der Waals surface area (Å²) < 4.78 is 36.7. The fourth-order valence-electron chi connectivity index (χ4n) is 1.98. The molecule has 0 amide bonds. The molecule has 0 heterocycles. The zero-order valence-electron chi connectivity index (χ0n) is 13.2. The molecule has 0 unspecified atom stereocenters. The molecule has 0 aliphatic heterocycles. The Hall–Kier alpha value is -3.22. The number of methoxy groups -OCH3 is 1. The molecule has 0 radical (unpaired) electrons. The van der Waals surface area contributed by atoms with Gasteiger partial charge in [-0.25, -0.2) is 13.6 Å². The first-order valence-electron chi connectivity index (χ1n) is 7.11. The van der Waals surface area contributed by atoms with E-state index < -0.39 is 30.0 Å². The monoisotopic (exact) mass is 348 g/mol. The minimum absolute atomic E-state index is 0.0540. The van der Waals surface area contributed by atoms with Crippen LogP contribution in [0, 0.1) is 11.6 Å². The third-order valence-corrected chi connectivity index (χ3v) is 3.17. The number of carboxylic acid groups (broad SMARTS) is 1. The number of rotatable bonds is 7. The fraction of sp³-hybridized carbons (Fsp3) is 0.111. The Labute approximate surface area is 142 Å². The molecule has 2 aromatic rings. The van der Waals surface area contributed by atoms with Gasteiger partial charge < -0.3 is 14.6 Å². The van der Waals surface area contributed by atoms with E-state index in [0.717, 1.165) is 24.3 Å². The number of carbonyl (C=O) groups is 2. The quantitative estimate of drug-likeness (QED) is 0.614. The lowest BCUT2D eigenvalue weighted by Gasteiger charge is -2.10. The summed E-state index contributed by atoms with van der Waals surface area (Å²) in [6, 6.07) is 7.10. The summed E-state index contributed by atoms with van der Waals surface area (Å²) in [5.74, 6) is -2.54. The molecular weight excluding hydrogens is 334 g/mol. The number of aliphatic carboxylic acids is 1. The van der Waals surface area contributed by atoms with Crippen LogP contribution in [0.25, 0.3) is 6.08 Å².